The van der Waals surface area contributed by atoms with Crippen molar-refractivity contribution in [2.45, 2.75) is 19.9 Å². The molecule has 112 valence electrons. The number of hydrogen-bond acceptors (Lipinski definition) is 4. The number of thiocarbonyl (C=S) groups is 1. The zero-order valence-electron chi connectivity index (χ0n) is 11.8. The van der Waals surface area contributed by atoms with Crippen molar-refractivity contribution in [2.75, 3.05) is 7.11 Å². The first-order valence-corrected chi connectivity index (χ1v) is 6.99. The molecule has 1 aliphatic rings. The number of benzene rings is 1. The Balaban J connectivity index is 2.58. The van der Waals surface area contributed by atoms with Crippen LogP contribution >= 0.6 is 23.8 Å². The lowest BCUT2D eigenvalue weighted by atomic mass is 9.93. The third-order valence-electron chi connectivity index (χ3n) is 3.25. The summed E-state index contributed by atoms with van der Waals surface area (Å²) in [6.45, 7) is 3.28. The van der Waals surface area contributed by atoms with Gasteiger partial charge in [0.25, 0.3) is 0 Å². The van der Waals surface area contributed by atoms with Crippen molar-refractivity contribution >= 4 is 34.7 Å². The third kappa shape index (κ3) is 2.96. The van der Waals surface area contributed by atoms with E-state index in [2.05, 4.69) is 10.6 Å². The molecule has 5 nitrogen and oxygen atoms in total. The van der Waals surface area contributed by atoms with E-state index >= 15 is 0 Å². The first-order chi connectivity index (χ1) is 9.85. The number of carbonyl (C=O) groups is 1. The van der Waals surface area contributed by atoms with Gasteiger partial charge in [0.1, 0.15) is 0 Å². The third-order valence-corrected chi connectivity index (χ3v) is 3.76. The van der Waals surface area contributed by atoms with Crippen molar-refractivity contribution in [1.29, 1.82) is 0 Å². The molecule has 0 saturated heterocycles. The van der Waals surface area contributed by atoms with Gasteiger partial charge < -0.3 is 20.5 Å². The summed E-state index contributed by atoms with van der Waals surface area (Å²) < 4.78 is 5.09. The summed E-state index contributed by atoms with van der Waals surface area (Å²) in [6, 6.07) is 2.77. The molecule has 0 saturated carbocycles. The fraction of sp³-hybridized carbons (Fsp3) is 0.286. The summed E-state index contributed by atoms with van der Waals surface area (Å²) in [5.74, 6) is 0.0250. The molecule has 21 heavy (non-hydrogen) atoms. The smallest absolute Gasteiger partial charge is 0.176 e. The fourth-order valence-corrected chi connectivity index (χ4v) is 2.82. The number of methoxy groups -OCH3 is 1. The van der Waals surface area contributed by atoms with E-state index in [1.165, 1.54) is 14.0 Å². The second-order valence-corrected chi connectivity index (χ2v) is 5.50. The molecule has 0 amide bonds. The Hall–Kier alpha value is -1.79. The molecular weight excluding hydrogens is 312 g/mol. The number of hydrogen-bond donors (Lipinski definition) is 3. The van der Waals surface area contributed by atoms with Gasteiger partial charge in [0, 0.05) is 11.3 Å². The number of allylic oxidation sites excluding steroid dienone is 1. The van der Waals surface area contributed by atoms with E-state index in [-0.39, 0.29) is 22.3 Å². The van der Waals surface area contributed by atoms with Gasteiger partial charge in [-0.25, -0.2) is 0 Å². The molecule has 0 radical (unpaired) electrons. The molecular formula is C14H15ClN2O3S. The molecule has 0 bridgehead atoms. The minimum atomic E-state index is -0.441. The monoisotopic (exact) mass is 326 g/mol. The largest absolute Gasteiger partial charge is 0.503 e. The quantitative estimate of drug-likeness (QED) is 0.741. The molecule has 1 aromatic carbocycles. The van der Waals surface area contributed by atoms with Crippen LogP contribution in [0.1, 0.15) is 25.5 Å². The van der Waals surface area contributed by atoms with Crippen molar-refractivity contribution in [1.82, 2.24) is 10.6 Å². The number of aromatic hydroxyl groups is 1. The number of rotatable bonds is 3. The van der Waals surface area contributed by atoms with Crippen LogP contribution in [0.15, 0.2) is 23.4 Å². The molecule has 1 unspecified atom stereocenters. The molecule has 1 atom stereocenters. The standard InChI is InChI=1S/C14H15ClN2O3S/c1-6-11(7(2)18)12(17-14(21)16-6)8-4-9(15)13(19)10(5-8)20-3/h4-5,12,19H,1-3H3,(H2,16,17,21). The first-order valence-electron chi connectivity index (χ1n) is 6.20. The first kappa shape index (κ1) is 15.6. The molecule has 1 aromatic rings. The molecule has 1 aliphatic heterocycles. The Morgan fingerprint density at radius 2 is 2.14 bits per heavy atom. The highest BCUT2D eigenvalue weighted by molar-refractivity contribution is 7.80. The maximum atomic E-state index is 11.9. The number of ether oxygens (including phenoxy) is 1. The van der Waals surface area contributed by atoms with E-state index in [0.717, 1.165) is 0 Å². The van der Waals surface area contributed by atoms with Crippen LogP contribution in [-0.4, -0.2) is 23.1 Å². The minimum absolute atomic E-state index is 0.0804. The summed E-state index contributed by atoms with van der Waals surface area (Å²) >= 11 is 11.1. The summed E-state index contributed by atoms with van der Waals surface area (Å²) in [7, 11) is 1.43. The molecule has 2 rings (SSSR count). The molecule has 7 heteroatoms. The van der Waals surface area contributed by atoms with Gasteiger partial charge in [0.05, 0.1) is 18.2 Å². The molecule has 0 spiro atoms. The highest BCUT2D eigenvalue weighted by Crippen LogP contribution is 2.39. The number of Topliss-reactive ketones (excluding diaryl/α,β-unsaturated/α-hetero) is 1. The summed E-state index contributed by atoms with van der Waals surface area (Å²) in [5.41, 5.74) is 1.94. The number of halogens is 1. The Morgan fingerprint density at radius 3 is 2.71 bits per heavy atom. The Bertz CT molecular complexity index is 658. The number of ketones is 1. The highest BCUT2D eigenvalue weighted by atomic mass is 35.5. The summed E-state index contributed by atoms with van der Waals surface area (Å²) in [4.78, 5) is 11.9. The van der Waals surface area contributed by atoms with Crippen molar-refractivity contribution in [2.24, 2.45) is 0 Å². The second-order valence-electron chi connectivity index (χ2n) is 4.68. The molecule has 0 aromatic heterocycles. The molecule has 0 aliphatic carbocycles. The predicted octanol–water partition coefficient (Wildman–Crippen LogP) is 2.44. The predicted molar refractivity (Wildman–Crippen MR) is 84.7 cm³/mol. The van der Waals surface area contributed by atoms with Crippen LogP contribution in [0.3, 0.4) is 0 Å². The molecule has 0 fully saturated rings. The maximum Gasteiger partial charge on any atom is 0.176 e. The lowest BCUT2D eigenvalue weighted by Gasteiger charge is -2.30. The minimum Gasteiger partial charge on any atom is -0.503 e. The van der Waals surface area contributed by atoms with Crippen LogP contribution in [0.25, 0.3) is 0 Å². The van der Waals surface area contributed by atoms with Crippen molar-refractivity contribution < 1.29 is 14.6 Å². The average molecular weight is 327 g/mol. The van der Waals surface area contributed by atoms with Crippen LogP contribution in [0.5, 0.6) is 11.5 Å². The van der Waals surface area contributed by atoms with Crippen LogP contribution in [-0.2, 0) is 4.79 Å². The number of nitrogens with one attached hydrogen (secondary N) is 2. The van der Waals surface area contributed by atoms with E-state index in [4.69, 9.17) is 28.6 Å². The average Bonchev–Trinajstić information content (AvgIpc) is 2.40. The van der Waals surface area contributed by atoms with Crippen molar-refractivity contribution in [3.05, 3.63) is 34.0 Å². The summed E-state index contributed by atoms with van der Waals surface area (Å²) in [5, 5.41) is 16.3. The van der Waals surface area contributed by atoms with Crippen LogP contribution in [0.2, 0.25) is 5.02 Å². The highest BCUT2D eigenvalue weighted by Gasteiger charge is 2.28. The Labute approximate surface area is 132 Å². The number of phenols is 1. The van der Waals surface area contributed by atoms with Gasteiger partial charge in [-0.3, -0.25) is 4.79 Å². The number of phenolic OH excluding ortho intramolecular Hbond substituents is 1. The van der Waals surface area contributed by atoms with Gasteiger partial charge in [0.2, 0.25) is 0 Å². The topological polar surface area (TPSA) is 70.6 Å². The van der Waals surface area contributed by atoms with Crippen LogP contribution in [0.4, 0.5) is 0 Å². The van der Waals surface area contributed by atoms with Gasteiger partial charge in [-0.05, 0) is 43.8 Å². The van der Waals surface area contributed by atoms with E-state index in [1.54, 1.807) is 19.1 Å². The fourth-order valence-electron chi connectivity index (χ4n) is 2.33. The lowest BCUT2D eigenvalue weighted by molar-refractivity contribution is -0.114. The van der Waals surface area contributed by atoms with Gasteiger partial charge in [-0.15, -0.1) is 0 Å². The molecule has 3 N–H and O–H groups in total. The zero-order valence-corrected chi connectivity index (χ0v) is 13.4. The number of carbonyl (C=O) groups excluding carboxylic acids is 1. The van der Waals surface area contributed by atoms with Crippen molar-refractivity contribution in [3.63, 3.8) is 0 Å². The summed E-state index contributed by atoms with van der Waals surface area (Å²) in [6.07, 6.45) is 0. The zero-order chi connectivity index (χ0) is 15.7. The van der Waals surface area contributed by atoms with E-state index in [9.17, 15) is 9.90 Å². The van der Waals surface area contributed by atoms with Crippen LogP contribution < -0.4 is 15.4 Å². The van der Waals surface area contributed by atoms with E-state index in [1.807, 2.05) is 0 Å². The van der Waals surface area contributed by atoms with Crippen LogP contribution in [0, 0.1) is 0 Å². The molecule has 1 heterocycles. The maximum absolute atomic E-state index is 11.9. The van der Waals surface area contributed by atoms with Gasteiger partial charge in [-0.1, -0.05) is 11.6 Å². The van der Waals surface area contributed by atoms with Gasteiger partial charge in [0.15, 0.2) is 22.4 Å². The Kier molecular flexibility index (Phi) is 4.39. The lowest BCUT2D eigenvalue weighted by Crippen LogP contribution is -2.44. The van der Waals surface area contributed by atoms with Gasteiger partial charge >= 0.3 is 0 Å². The SMILES string of the molecule is COc1cc(C2NC(=S)NC(C)=C2C(C)=O)cc(Cl)c1O. The van der Waals surface area contributed by atoms with Gasteiger partial charge in [-0.2, -0.15) is 0 Å². The second kappa shape index (κ2) is 5.91. The normalized spacial score (nSPS) is 18.1. The van der Waals surface area contributed by atoms with E-state index < -0.39 is 6.04 Å². The Morgan fingerprint density at radius 1 is 1.48 bits per heavy atom. The van der Waals surface area contributed by atoms with E-state index in [0.29, 0.717) is 21.9 Å². The van der Waals surface area contributed by atoms with Crippen molar-refractivity contribution in [3.8, 4) is 11.5 Å².